The smallest absolute Gasteiger partial charge is 0.216 e. The lowest BCUT2D eigenvalue weighted by molar-refractivity contribution is 0.126. The molecule has 6 rings (SSSR count). The molecule has 0 radical (unpaired) electrons. The van der Waals surface area contributed by atoms with Crippen LogP contribution in [0, 0.1) is 0 Å². The molecule has 9 nitrogen and oxygen atoms in total. The predicted octanol–water partition coefficient (Wildman–Crippen LogP) is 5.01. The molecule has 2 N–H and O–H groups in total. The van der Waals surface area contributed by atoms with Gasteiger partial charge < -0.3 is 10.4 Å². The van der Waals surface area contributed by atoms with Gasteiger partial charge in [-0.25, -0.2) is 9.97 Å². The van der Waals surface area contributed by atoms with Crippen LogP contribution in [0.2, 0.25) is 0 Å². The number of anilines is 1. The average molecular weight is 559 g/mol. The molecule has 0 unspecified atom stereocenters. The first kappa shape index (κ1) is 27.0. The highest BCUT2D eigenvalue weighted by Gasteiger charge is 2.27. The predicted molar refractivity (Wildman–Crippen MR) is 158 cm³/mol. The summed E-state index contributed by atoms with van der Waals surface area (Å²) in [5.41, 5.74) is 3.04. The second-order valence-electron chi connectivity index (χ2n) is 11.8. The van der Waals surface area contributed by atoms with Gasteiger partial charge in [-0.15, -0.1) is 26.3 Å². The number of hydrogen-bond donors (Lipinski definition) is 2. The summed E-state index contributed by atoms with van der Waals surface area (Å²) in [5.74, 6) is 1.53. The van der Waals surface area contributed by atoms with Gasteiger partial charge >= 0.3 is 0 Å². The summed E-state index contributed by atoms with van der Waals surface area (Å²) in [6.07, 6.45) is 8.66. The number of tetrazole rings is 1. The van der Waals surface area contributed by atoms with E-state index in [4.69, 9.17) is 9.97 Å². The van der Waals surface area contributed by atoms with Crippen molar-refractivity contribution in [3.63, 3.8) is 0 Å². The number of nitrogens with one attached hydrogen (secondary N) is 1. The molecule has 2 fully saturated rings. The second-order valence-corrected chi connectivity index (χ2v) is 12.9. The molecule has 1 saturated carbocycles. The van der Waals surface area contributed by atoms with Crippen molar-refractivity contribution in [2.45, 2.75) is 82.9 Å². The zero-order valence-corrected chi connectivity index (χ0v) is 24.1. The van der Waals surface area contributed by atoms with Gasteiger partial charge in [-0.05, 0) is 86.7 Å². The number of pyridine rings is 1. The Morgan fingerprint density at radius 3 is 2.60 bits per heavy atom. The van der Waals surface area contributed by atoms with Crippen molar-refractivity contribution in [3.8, 4) is 16.4 Å². The molecule has 10 heteroatoms. The highest BCUT2D eigenvalue weighted by molar-refractivity contribution is 7.15. The van der Waals surface area contributed by atoms with Gasteiger partial charge in [0, 0.05) is 36.3 Å². The third-order valence-electron chi connectivity index (χ3n) is 8.00. The van der Waals surface area contributed by atoms with Gasteiger partial charge in [0.05, 0.1) is 21.7 Å². The molecular formula is C30H38N8OS. The van der Waals surface area contributed by atoms with E-state index in [2.05, 4.69) is 51.6 Å². The number of thiazole rings is 1. The van der Waals surface area contributed by atoms with Gasteiger partial charge in [-0.1, -0.05) is 32.0 Å². The van der Waals surface area contributed by atoms with E-state index in [1.54, 1.807) is 16.1 Å². The van der Waals surface area contributed by atoms with Crippen molar-refractivity contribution in [2.24, 2.45) is 0 Å². The fraction of sp³-hybridized carbons (Fsp3) is 0.500. The molecular weight excluding hydrogens is 520 g/mol. The summed E-state index contributed by atoms with van der Waals surface area (Å²) in [5, 5.41) is 27.8. The van der Waals surface area contributed by atoms with Crippen LogP contribution < -0.4 is 5.32 Å². The number of para-hydroxylation sites is 1. The number of nitrogens with zero attached hydrogens (tertiary/aromatic N) is 7. The Kier molecular flexibility index (Phi) is 7.91. The molecule has 40 heavy (non-hydrogen) atoms. The highest BCUT2D eigenvalue weighted by atomic mass is 32.1. The van der Waals surface area contributed by atoms with Crippen molar-refractivity contribution in [3.05, 3.63) is 64.9 Å². The first-order valence-corrected chi connectivity index (χ1v) is 15.2. The number of rotatable bonds is 9. The number of aliphatic hydroxyl groups excluding tert-OH is 1. The van der Waals surface area contributed by atoms with Crippen LogP contribution in [0.25, 0.3) is 16.4 Å². The highest BCUT2D eigenvalue weighted by Crippen LogP contribution is 2.33. The van der Waals surface area contributed by atoms with Gasteiger partial charge in [0.1, 0.15) is 5.82 Å². The third-order valence-corrected chi connectivity index (χ3v) is 8.99. The Hall–Kier alpha value is -3.21. The number of likely N-dealkylation sites (tertiary alicyclic amines) is 1. The van der Waals surface area contributed by atoms with E-state index < -0.39 is 0 Å². The zero-order chi connectivity index (χ0) is 27.5. The molecule has 0 spiro atoms. The van der Waals surface area contributed by atoms with E-state index in [0.29, 0.717) is 11.9 Å². The topological polar surface area (TPSA) is 105 Å². The van der Waals surface area contributed by atoms with Crippen molar-refractivity contribution in [2.75, 3.05) is 18.4 Å². The molecule has 1 saturated heterocycles. The molecule has 3 aromatic heterocycles. The lowest BCUT2D eigenvalue weighted by atomic mass is 9.84. The first-order valence-electron chi connectivity index (χ1n) is 14.4. The molecule has 2 aliphatic rings. The lowest BCUT2D eigenvalue weighted by Crippen LogP contribution is -2.29. The van der Waals surface area contributed by atoms with E-state index in [-0.39, 0.29) is 11.5 Å². The minimum absolute atomic E-state index is 0.164. The zero-order valence-electron chi connectivity index (χ0n) is 23.3. The van der Waals surface area contributed by atoms with Crippen molar-refractivity contribution in [1.29, 1.82) is 0 Å². The van der Waals surface area contributed by atoms with Gasteiger partial charge in [-0.2, -0.15) is 0 Å². The second kappa shape index (κ2) is 11.7. The van der Waals surface area contributed by atoms with E-state index in [1.807, 2.05) is 36.5 Å². The number of aromatic nitrogens is 6. The molecule has 1 aromatic carbocycles. The fourth-order valence-electron chi connectivity index (χ4n) is 5.68. The summed E-state index contributed by atoms with van der Waals surface area (Å²) >= 11 is 1.61. The van der Waals surface area contributed by atoms with E-state index >= 15 is 0 Å². The molecule has 1 aliphatic carbocycles. The summed E-state index contributed by atoms with van der Waals surface area (Å²) in [6.45, 7) is 7.78. The monoisotopic (exact) mass is 558 g/mol. The van der Waals surface area contributed by atoms with Gasteiger partial charge in [-0.3, -0.25) is 4.90 Å². The maximum atomic E-state index is 9.95. The Labute approximate surface area is 239 Å². The van der Waals surface area contributed by atoms with E-state index in [9.17, 15) is 5.11 Å². The summed E-state index contributed by atoms with van der Waals surface area (Å²) in [7, 11) is 0. The standard InChI is InChI=1S/C30H38N8OS/c1-30(2,18-28-31-19-25(40-28)29-34-36-38(35-29)23-8-4-3-5-9-23)26-16-21(20-37-14-6-7-15-37)17-27(33-26)32-22-10-12-24(39)13-11-22/h3-5,8-9,16-17,19,22,24,39H,6-7,10-15,18,20H2,1-2H3,(H,32,33)/t22-,24-. The van der Waals surface area contributed by atoms with Crippen LogP contribution in [0.4, 0.5) is 5.82 Å². The quantitative estimate of drug-likeness (QED) is 0.295. The molecule has 0 amide bonds. The maximum Gasteiger partial charge on any atom is 0.216 e. The maximum absolute atomic E-state index is 9.95. The third kappa shape index (κ3) is 6.40. The summed E-state index contributed by atoms with van der Waals surface area (Å²) in [4.78, 5) is 14.9. The summed E-state index contributed by atoms with van der Waals surface area (Å²) < 4.78 is 0. The SMILES string of the molecule is CC(C)(Cc1ncc(-c2nnn(-c3ccccc3)n2)s1)c1cc(CN2CCCC2)cc(N[C@H]2CC[C@H](O)CC2)n1. The van der Waals surface area contributed by atoms with Crippen LogP contribution in [-0.2, 0) is 18.4 Å². The molecule has 0 atom stereocenters. The minimum atomic E-state index is -0.218. The largest absolute Gasteiger partial charge is 0.393 e. The van der Waals surface area contributed by atoms with Crippen molar-refractivity contribution < 1.29 is 5.11 Å². The lowest BCUT2D eigenvalue weighted by Gasteiger charge is -2.29. The first-order chi connectivity index (χ1) is 19.4. The van der Waals surface area contributed by atoms with Gasteiger partial charge in [0.15, 0.2) is 0 Å². The fourth-order valence-corrected chi connectivity index (χ4v) is 6.75. The Morgan fingerprint density at radius 2 is 1.82 bits per heavy atom. The van der Waals surface area contributed by atoms with Crippen LogP contribution in [0.5, 0.6) is 0 Å². The van der Waals surface area contributed by atoms with Crippen LogP contribution >= 0.6 is 11.3 Å². The van der Waals surface area contributed by atoms with E-state index in [1.165, 1.54) is 18.4 Å². The van der Waals surface area contributed by atoms with Gasteiger partial charge in [0.2, 0.25) is 5.82 Å². The molecule has 0 bridgehead atoms. The molecule has 4 aromatic rings. The molecule has 210 valence electrons. The minimum Gasteiger partial charge on any atom is -0.393 e. The molecule has 4 heterocycles. The van der Waals surface area contributed by atoms with Crippen LogP contribution in [0.15, 0.2) is 48.7 Å². The summed E-state index contributed by atoms with van der Waals surface area (Å²) in [6, 6.07) is 14.7. The van der Waals surface area contributed by atoms with Crippen molar-refractivity contribution in [1.82, 2.24) is 35.1 Å². The Balaban J connectivity index is 1.21. The Bertz CT molecular complexity index is 1400. The van der Waals surface area contributed by atoms with Crippen LogP contribution in [0.1, 0.15) is 68.6 Å². The van der Waals surface area contributed by atoms with Gasteiger partial charge in [0.25, 0.3) is 0 Å². The van der Waals surface area contributed by atoms with Crippen LogP contribution in [-0.4, -0.2) is 65.4 Å². The number of benzene rings is 1. The Morgan fingerprint density at radius 1 is 1.05 bits per heavy atom. The normalized spacial score (nSPS) is 20.2. The van der Waals surface area contributed by atoms with Crippen LogP contribution in [0.3, 0.4) is 0 Å². The number of aliphatic hydroxyl groups is 1. The number of hydrogen-bond acceptors (Lipinski definition) is 9. The average Bonchev–Trinajstić information content (AvgIpc) is 3.73. The van der Waals surface area contributed by atoms with E-state index in [0.717, 1.165) is 78.8 Å². The molecule has 1 aliphatic heterocycles. The van der Waals surface area contributed by atoms with Crippen molar-refractivity contribution >= 4 is 17.2 Å².